The maximum atomic E-state index is 10.7. The minimum absolute atomic E-state index is 0.0000926. The van der Waals surface area contributed by atoms with E-state index >= 15 is 0 Å². The Morgan fingerprint density at radius 1 is 1.77 bits per heavy atom. The number of hydrogen-bond acceptors (Lipinski definition) is 4. The van der Waals surface area contributed by atoms with Gasteiger partial charge < -0.3 is 9.69 Å². The van der Waals surface area contributed by atoms with Gasteiger partial charge in [0.15, 0.2) is 0 Å². The summed E-state index contributed by atoms with van der Waals surface area (Å²) in [4.78, 5) is 17.9. The van der Waals surface area contributed by atoms with Crippen LogP contribution >= 0.6 is 11.8 Å². The number of carbonyl (C=O) groups excluding carboxylic acids is 1. The molecule has 13 heavy (non-hydrogen) atoms. The molecule has 0 fully saturated rings. The van der Waals surface area contributed by atoms with Gasteiger partial charge in [0.2, 0.25) is 0 Å². The molecule has 1 aromatic heterocycles. The second kappa shape index (κ2) is 3.38. The summed E-state index contributed by atoms with van der Waals surface area (Å²) in [7, 11) is 1.94. The Hall–Kier alpha value is -1.03. The zero-order valence-corrected chi connectivity index (χ0v) is 8.12. The monoisotopic (exact) mass is 194 g/mol. The Bertz CT molecular complexity index is 329. The van der Waals surface area contributed by atoms with E-state index in [0.29, 0.717) is 0 Å². The lowest BCUT2D eigenvalue weighted by Crippen LogP contribution is -2.37. The van der Waals surface area contributed by atoms with Crippen LogP contribution in [0.2, 0.25) is 0 Å². The van der Waals surface area contributed by atoms with Crippen molar-refractivity contribution in [2.24, 2.45) is 0 Å². The van der Waals surface area contributed by atoms with E-state index in [1.54, 1.807) is 18.0 Å². The van der Waals surface area contributed by atoms with Crippen LogP contribution in [0.5, 0.6) is 0 Å². The van der Waals surface area contributed by atoms with Crippen molar-refractivity contribution < 1.29 is 4.79 Å². The highest BCUT2D eigenvalue weighted by atomic mass is 32.2. The summed E-state index contributed by atoms with van der Waals surface area (Å²) in [6, 6.07) is 1.94. The Balaban J connectivity index is 2.38. The molecule has 1 aliphatic heterocycles. The van der Waals surface area contributed by atoms with E-state index in [1.807, 2.05) is 24.2 Å². The fraction of sp³-hybridized carbons (Fsp3) is 0.333. The number of rotatable bonds is 1. The Labute approximate surface area is 81.1 Å². The van der Waals surface area contributed by atoms with Gasteiger partial charge in [0.1, 0.15) is 6.29 Å². The van der Waals surface area contributed by atoms with Gasteiger partial charge in [-0.2, -0.15) is 0 Å². The van der Waals surface area contributed by atoms with Crippen LogP contribution in [-0.2, 0) is 4.79 Å². The number of aldehydes is 1. The first-order valence-corrected chi connectivity index (χ1v) is 5.06. The molecule has 0 N–H and O–H groups in total. The van der Waals surface area contributed by atoms with Crippen molar-refractivity contribution in [1.82, 2.24) is 4.98 Å². The molecule has 0 bridgehead atoms. The Morgan fingerprint density at radius 3 is 3.38 bits per heavy atom. The van der Waals surface area contributed by atoms with Gasteiger partial charge in [0.25, 0.3) is 0 Å². The van der Waals surface area contributed by atoms with Crippen molar-refractivity contribution in [2.75, 3.05) is 17.7 Å². The predicted octanol–water partition coefficient (Wildman–Crippen LogP) is 1.19. The van der Waals surface area contributed by atoms with Crippen molar-refractivity contribution >= 4 is 23.7 Å². The zero-order valence-electron chi connectivity index (χ0n) is 7.30. The van der Waals surface area contributed by atoms with E-state index in [9.17, 15) is 4.79 Å². The minimum atomic E-state index is -0.0000926. The lowest BCUT2D eigenvalue weighted by Gasteiger charge is -2.31. The molecule has 0 spiro atoms. The first-order chi connectivity index (χ1) is 6.33. The van der Waals surface area contributed by atoms with Gasteiger partial charge in [0, 0.05) is 30.1 Å². The van der Waals surface area contributed by atoms with Crippen LogP contribution in [0.15, 0.2) is 23.4 Å². The largest absolute Gasteiger partial charge is 0.363 e. The second-order valence-electron chi connectivity index (χ2n) is 2.97. The summed E-state index contributed by atoms with van der Waals surface area (Å²) in [6.07, 6.45) is 4.59. The number of hydrogen-bond donors (Lipinski definition) is 0. The summed E-state index contributed by atoms with van der Waals surface area (Å²) < 4.78 is 0. The Morgan fingerprint density at radius 2 is 2.62 bits per heavy atom. The van der Waals surface area contributed by atoms with Gasteiger partial charge in [-0.1, -0.05) is 0 Å². The topological polar surface area (TPSA) is 33.2 Å². The number of carbonyl (C=O) groups is 1. The van der Waals surface area contributed by atoms with E-state index in [4.69, 9.17) is 0 Å². The van der Waals surface area contributed by atoms with Crippen LogP contribution in [0, 0.1) is 0 Å². The molecule has 0 aliphatic carbocycles. The summed E-state index contributed by atoms with van der Waals surface area (Å²) in [5.74, 6) is 0.818. The van der Waals surface area contributed by atoms with E-state index in [1.165, 1.54) is 0 Å². The van der Waals surface area contributed by atoms with Crippen molar-refractivity contribution in [2.45, 2.75) is 10.9 Å². The second-order valence-corrected chi connectivity index (χ2v) is 4.03. The average molecular weight is 194 g/mol. The number of aromatic nitrogens is 1. The molecular formula is C9H10N2OS. The van der Waals surface area contributed by atoms with Crippen molar-refractivity contribution in [3.8, 4) is 0 Å². The van der Waals surface area contributed by atoms with Gasteiger partial charge in [-0.25, -0.2) is 0 Å². The number of likely N-dealkylation sites (N-methyl/N-ethyl adjacent to an activating group) is 1. The normalized spacial score (nSPS) is 21.0. The molecule has 0 aromatic carbocycles. The number of pyridine rings is 1. The molecule has 1 aliphatic rings. The number of thioether (sulfide) groups is 1. The number of nitrogens with zero attached hydrogens (tertiary/aromatic N) is 2. The molecule has 3 nitrogen and oxygen atoms in total. The summed E-state index contributed by atoms with van der Waals surface area (Å²) in [5, 5.41) is 0. The van der Waals surface area contributed by atoms with Gasteiger partial charge >= 0.3 is 0 Å². The molecule has 0 amide bonds. The third-order valence-electron chi connectivity index (χ3n) is 2.21. The molecular weight excluding hydrogens is 184 g/mol. The lowest BCUT2D eigenvalue weighted by atomic mass is 10.2. The molecule has 68 valence electrons. The first kappa shape index (κ1) is 8.56. The van der Waals surface area contributed by atoms with Crippen molar-refractivity contribution in [1.29, 1.82) is 0 Å². The van der Waals surface area contributed by atoms with Gasteiger partial charge in [-0.15, -0.1) is 11.8 Å². The maximum absolute atomic E-state index is 10.7. The number of anilines is 1. The Kier molecular flexibility index (Phi) is 2.22. The molecule has 1 atom stereocenters. The maximum Gasteiger partial charge on any atom is 0.143 e. The first-order valence-electron chi connectivity index (χ1n) is 4.08. The fourth-order valence-corrected chi connectivity index (χ4v) is 2.52. The van der Waals surface area contributed by atoms with Crippen LogP contribution in [0.25, 0.3) is 0 Å². The third-order valence-corrected chi connectivity index (χ3v) is 3.34. The van der Waals surface area contributed by atoms with Crippen LogP contribution in [0.4, 0.5) is 5.69 Å². The highest BCUT2D eigenvalue weighted by Gasteiger charge is 2.22. The van der Waals surface area contributed by atoms with Crippen LogP contribution < -0.4 is 4.90 Å². The third kappa shape index (κ3) is 1.42. The molecule has 1 aromatic rings. The molecule has 0 saturated heterocycles. The van der Waals surface area contributed by atoms with Crippen molar-refractivity contribution in [3.05, 3.63) is 18.5 Å². The van der Waals surface area contributed by atoms with Crippen molar-refractivity contribution in [3.63, 3.8) is 0 Å². The van der Waals surface area contributed by atoms with E-state index in [0.717, 1.165) is 22.6 Å². The number of fused-ring (bicyclic) bond motifs is 1. The predicted molar refractivity (Wildman–Crippen MR) is 53.2 cm³/mol. The summed E-state index contributed by atoms with van der Waals surface area (Å²) in [6.45, 7) is 0. The van der Waals surface area contributed by atoms with Crippen LogP contribution in [0.1, 0.15) is 0 Å². The van der Waals surface area contributed by atoms with E-state index < -0.39 is 0 Å². The highest BCUT2D eigenvalue weighted by Crippen LogP contribution is 2.34. The minimum Gasteiger partial charge on any atom is -0.363 e. The molecule has 2 heterocycles. The van der Waals surface area contributed by atoms with E-state index in [-0.39, 0.29) is 6.04 Å². The lowest BCUT2D eigenvalue weighted by molar-refractivity contribution is -0.108. The van der Waals surface area contributed by atoms with E-state index in [2.05, 4.69) is 4.98 Å². The molecule has 1 unspecified atom stereocenters. The zero-order chi connectivity index (χ0) is 9.26. The van der Waals surface area contributed by atoms with Crippen LogP contribution in [0.3, 0.4) is 0 Å². The highest BCUT2D eigenvalue weighted by molar-refractivity contribution is 7.99. The average Bonchev–Trinajstić information content (AvgIpc) is 2.19. The van der Waals surface area contributed by atoms with Crippen LogP contribution in [-0.4, -0.2) is 30.1 Å². The van der Waals surface area contributed by atoms with Gasteiger partial charge in [-0.05, 0) is 6.07 Å². The standard InChI is InChI=1S/C9H10N2OS/c1-11-7(5-12)6-13-9-4-10-3-2-8(9)11/h2-5,7H,6H2,1H3. The van der Waals surface area contributed by atoms with Gasteiger partial charge in [-0.3, -0.25) is 4.98 Å². The fourth-order valence-electron chi connectivity index (χ4n) is 1.37. The summed E-state index contributed by atoms with van der Waals surface area (Å²) >= 11 is 1.69. The van der Waals surface area contributed by atoms with Gasteiger partial charge in [0.05, 0.1) is 11.7 Å². The molecule has 4 heteroatoms. The molecule has 0 saturated carbocycles. The summed E-state index contributed by atoms with van der Waals surface area (Å²) in [5.41, 5.74) is 1.10. The smallest absolute Gasteiger partial charge is 0.143 e. The molecule has 0 radical (unpaired) electrons. The quantitative estimate of drug-likeness (QED) is 0.629. The SMILES string of the molecule is CN1c2ccncc2SCC1C=O. The molecule has 2 rings (SSSR count).